The minimum absolute atomic E-state index is 0.00179. The molecule has 0 radical (unpaired) electrons. The van der Waals surface area contributed by atoms with E-state index in [1.807, 2.05) is 23.9 Å². The Morgan fingerprint density at radius 3 is 2.60 bits per heavy atom. The molecule has 4 atom stereocenters. The van der Waals surface area contributed by atoms with Gasteiger partial charge < -0.3 is 14.8 Å². The first kappa shape index (κ1) is 19.3. The van der Waals surface area contributed by atoms with Gasteiger partial charge in [0.25, 0.3) is 0 Å². The number of carbonyl (C=O) groups excluding carboxylic acids is 1. The van der Waals surface area contributed by atoms with Crippen LogP contribution >= 0.6 is 0 Å². The van der Waals surface area contributed by atoms with Gasteiger partial charge in [-0.25, -0.2) is 0 Å². The van der Waals surface area contributed by atoms with Crippen LogP contribution < -0.4 is 14.8 Å². The second-order valence-electron chi connectivity index (χ2n) is 9.60. The maximum atomic E-state index is 13.2. The van der Waals surface area contributed by atoms with Gasteiger partial charge in [-0.3, -0.25) is 4.79 Å². The molecule has 8 nitrogen and oxygen atoms in total. The average molecular weight is 412 g/mol. The number of ether oxygens (including phenoxy) is 2. The van der Waals surface area contributed by atoms with Crippen molar-refractivity contribution in [2.45, 2.75) is 57.4 Å². The molecule has 6 rings (SSSR count). The van der Waals surface area contributed by atoms with E-state index in [2.05, 4.69) is 20.7 Å². The van der Waals surface area contributed by atoms with Gasteiger partial charge in [0.2, 0.25) is 5.91 Å². The summed E-state index contributed by atoms with van der Waals surface area (Å²) in [5, 5.41) is 16.2. The fourth-order valence-corrected chi connectivity index (χ4v) is 6.77. The predicted octanol–water partition coefficient (Wildman–Crippen LogP) is 3.32. The second kappa shape index (κ2) is 6.96. The number of anilines is 1. The Morgan fingerprint density at radius 2 is 1.97 bits per heavy atom. The molecule has 30 heavy (non-hydrogen) atoms. The van der Waals surface area contributed by atoms with Crippen LogP contribution in [-0.4, -0.2) is 40.3 Å². The van der Waals surface area contributed by atoms with Gasteiger partial charge in [0.05, 0.1) is 25.4 Å². The molecule has 0 spiro atoms. The molecule has 1 amide bonds. The lowest BCUT2D eigenvalue weighted by Crippen LogP contribution is -2.57. The third-order valence-corrected chi connectivity index (χ3v) is 7.31. The Hall–Kier alpha value is -2.64. The Bertz CT molecular complexity index is 957. The molecule has 4 bridgehead atoms. The molecule has 4 fully saturated rings. The number of tetrazole rings is 1. The molecule has 1 aromatic heterocycles. The van der Waals surface area contributed by atoms with E-state index in [-0.39, 0.29) is 16.9 Å². The van der Waals surface area contributed by atoms with Crippen LogP contribution in [0.1, 0.15) is 50.8 Å². The van der Waals surface area contributed by atoms with E-state index in [0.29, 0.717) is 41.3 Å². The molecule has 0 saturated heterocycles. The number of rotatable bonds is 6. The molecular formula is C22H29N5O3. The van der Waals surface area contributed by atoms with E-state index in [1.54, 1.807) is 20.3 Å². The lowest BCUT2D eigenvalue weighted by Gasteiger charge is -2.61. The first-order valence-corrected chi connectivity index (χ1v) is 10.7. The third-order valence-electron chi connectivity index (χ3n) is 7.31. The van der Waals surface area contributed by atoms with Crippen LogP contribution in [0.2, 0.25) is 0 Å². The third kappa shape index (κ3) is 3.22. The van der Waals surface area contributed by atoms with Crippen LogP contribution in [0.4, 0.5) is 5.69 Å². The Morgan fingerprint density at radius 1 is 1.20 bits per heavy atom. The molecule has 4 aliphatic carbocycles. The quantitative estimate of drug-likeness (QED) is 0.784. The minimum atomic E-state index is -0.0840. The van der Waals surface area contributed by atoms with Crippen LogP contribution in [0.15, 0.2) is 18.2 Å². The van der Waals surface area contributed by atoms with Gasteiger partial charge in [-0.05, 0) is 80.0 Å². The van der Waals surface area contributed by atoms with E-state index in [4.69, 9.17) is 9.47 Å². The van der Waals surface area contributed by atoms with Gasteiger partial charge in [0.1, 0.15) is 11.5 Å². The number of aryl methyl sites for hydroxylation is 1. The molecule has 160 valence electrons. The number of hydrogen-bond acceptors (Lipinski definition) is 6. The van der Waals surface area contributed by atoms with Gasteiger partial charge in [-0.15, -0.1) is 10.2 Å². The van der Waals surface area contributed by atoms with Crippen LogP contribution in [-0.2, 0) is 10.3 Å². The highest BCUT2D eigenvalue weighted by atomic mass is 16.5. The first-order valence-electron chi connectivity index (χ1n) is 10.7. The minimum Gasteiger partial charge on any atom is -0.497 e. The van der Waals surface area contributed by atoms with Crippen molar-refractivity contribution in [2.24, 2.45) is 17.3 Å². The van der Waals surface area contributed by atoms with E-state index in [9.17, 15) is 4.79 Å². The number of aromatic nitrogens is 4. The zero-order valence-corrected chi connectivity index (χ0v) is 17.9. The van der Waals surface area contributed by atoms with Crippen molar-refractivity contribution in [2.75, 3.05) is 19.5 Å². The molecule has 4 saturated carbocycles. The Kier molecular flexibility index (Phi) is 4.48. The number of methoxy groups -OCH3 is 2. The lowest BCUT2D eigenvalue weighted by molar-refractivity contribution is -0.135. The normalized spacial score (nSPS) is 31.6. The lowest BCUT2D eigenvalue weighted by atomic mass is 9.46. The topological polar surface area (TPSA) is 91.2 Å². The standard InChI is InChI=1S/C22H29N5O3/c1-14-24-26-27(25-14)22-10-15-6-16(11-22)9-21(8-15,13-22)12-20(28)23-18-7-17(29-2)4-5-19(18)30-3/h4-5,7,15-16H,6,8-13H2,1-3H3,(H,23,28)/t15-,16+,21?,22?. The SMILES string of the molecule is COc1ccc(OC)c(NC(=O)CC23C[C@H]4C[C@@H](C2)CC(n2nnc(C)n2)(C4)C3)c1. The van der Waals surface area contributed by atoms with Crippen LogP contribution in [0.3, 0.4) is 0 Å². The first-order chi connectivity index (χ1) is 14.4. The molecule has 8 heteroatoms. The number of benzene rings is 1. The Balaban J connectivity index is 1.38. The highest BCUT2D eigenvalue weighted by Gasteiger charge is 2.60. The van der Waals surface area contributed by atoms with Crippen molar-refractivity contribution in [3.05, 3.63) is 24.0 Å². The summed E-state index contributed by atoms with van der Waals surface area (Å²) < 4.78 is 10.7. The van der Waals surface area contributed by atoms with E-state index >= 15 is 0 Å². The van der Waals surface area contributed by atoms with Crippen LogP contribution in [0, 0.1) is 24.2 Å². The van der Waals surface area contributed by atoms with Crippen LogP contribution in [0.25, 0.3) is 0 Å². The van der Waals surface area contributed by atoms with E-state index in [1.165, 1.54) is 6.42 Å². The molecule has 1 heterocycles. The second-order valence-corrected chi connectivity index (χ2v) is 9.60. The van der Waals surface area contributed by atoms with Crippen molar-refractivity contribution in [3.8, 4) is 11.5 Å². The van der Waals surface area contributed by atoms with Gasteiger partial charge >= 0.3 is 0 Å². The van der Waals surface area contributed by atoms with Crippen molar-refractivity contribution >= 4 is 11.6 Å². The highest BCUT2D eigenvalue weighted by Crippen LogP contribution is 2.65. The van der Waals surface area contributed by atoms with Crippen molar-refractivity contribution in [1.29, 1.82) is 0 Å². The molecular weight excluding hydrogens is 382 g/mol. The summed E-state index contributed by atoms with van der Waals surface area (Å²) in [6, 6.07) is 5.44. The number of carbonyl (C=O) groups is 1. The van der Waals surface area contributed by atoms with Gasteiger partial charge in [0.15, 0.2) is 5.82 Å². The summed E-state index contributed by atoms with van der Waals surface area (Å²) in [5.41, 5.74) is 0.566. The molecule has 2 unspecified atom stereocenters. The maximum Gasteiger partial charge on any atom is 0.225 e. The average Bonchev–Trinajstić information content (AvgIpc) is 3.13. The smallest absolute Gasteiger partial charge is 0.225 e. The fourth-order valence-electron chi connectivity index (χ4n) is 6.77. The van der Waals surface area contributed by atoms with E-state index in [0.717, 1.165) is 32.1 Å². The van der Waals surface area contributed by atoms with Gasteiger partial charge in [0, 0.05) is 12.5 Å². The van der Waals surface area contributed by atoms with Gasteiger partial charge in [-0.1, -0.05) is 0 Å². The molecule has 4 aliphatic rings. The van der Waals surface area contributed by atoms with Crippen molar-refractivity contribution in [1.82, 2.24) is 20.2 Å². The summed E-state index contributed by atoms with van der Waals surface area (Å²) in [4.78, 5) is 15.0. The molecule has 2 aromatic rings. The summed E-state index contributed by atoms with van der Waals surface area (Å²) in [5.74, 6) is 3.33. The summed E-state index contributed by atoms with van der Waals surface area (Å²) in [6.45, 7) is 1.88. The fraction of sp³-hybridized carbons (Fsp3) is 0.636. The van der Waals surface area contributed by atoms with Crippen molar-refractivity contribution in [3.63, 3.8) is 0 Å². The number of nitrogens with one attached hydrogen (secondary N) is 1. The summed E-state index contributed by atoms with van der Waals surface area (Å²) in [7, 11) is 3.22. The van der Waals surface area contributed by atoms with Gasteiger partial charge in [-0.2, -0.15) is 4.80 Å². The summed E-state index contributed by atoms with van der Waals surface area (Å²) in [6.07, 6.45) is 7.16. The zero-order chi connectivity index (χ0) is 20.9. The highest BCUT2D eigenvalue weighted by molar-refractivity contribution is 5.93. The Labute approximate surface area is 176 Å². The summed E-state index contributed by atoms with van der Waals surface area (Å²) >= 11 is 0. The number of nitrogens with zero attached hydrogens (tertiary/aromatic N) is 4. The molecule has 0 aliphatic heterocycles. The number of amides is 1. The predicted molar refractivity (Wildman–Crippen MR) is 110 cm³/mol. The monoisotopic (exact) mass is 411 g/mol. The maximum absolute atomic E-state index is 13.2. The van der Waals surface area contributed by atoms with Crippen molar-refractivity contribution < 1.29 is 14.3 Å². The number of hydrogen-bond donors (Lipinski definition) is 1. The zero-order valence-electron chi connectivity index (χ0n) is 17.9. The molecule has 1 N–H and O–H groups in total. The molecule has 1 aromatic carbocycles. The largest absolute Gasteiger partial charge is 0.497 e. The van der Waals surface area contributed by atoms with Crippen LogP contribution in [0.5, 0.6) is 11.5 Å². The van der Waals surface area contributed by atoms with E-state index < -0.39 is 0 Å².